The summed E-state index contributed by atoms with van der Waals surface area (Å²) in [6.07, 6.45) is -5.19. The quantitative estimate of drug-likeness (QED) is 0.221. The van der Waals surface area contributed by atoms with Crippen LogP contribution in [0.5, 0.6) is 0 Å². The molecule has 0 amide bonds. The zero-order valence-corrected chi connectivity index (χ0v) is 13.2. The van der Waals surface area contributed by atoms with Crippen LogP contribution in [0, 0.1) is 10.1 Å². The van der Waals surface area contributed by atoms with Crippen molar-refractivity contribution in [1.29, 1.82) is 0 Å². The highest BCUT2D eigenvalue weighted by Gasteiger charge is 2.26. The first-order chi connectivity index (χ1) is 11.3. The second kappa shape index (κ2) is 9.58. The molecule has 0 saturated carbocycles. The topological polar surface area (TPSA) is 91.6 Å². The van der Waals surface area contributed by atoms with Gasteiger partial charge in [0.15, 0.2) is 5.96 Å². The molecular weight excluding hydrogens is 327 g/mol. The molecule has 0 heterocycles. The van der Waals surface area contributed by atoms with Gasteiger partial charge in [-0.05, 0) is 19.1 Å². The molecule has 0 saturated heterocycles. The van der Waals surface area contributed by atoms with E-state index in [-0.39, 0.29) is 12.2 Å². The van der Waals surface area contributed by atoms with Gasteiger partial charge in [-0.15, -0.1) is 0 Å². The molecule has 0 aromatic heterocycles. The van der Waals surface area contributed by atoms with Crippen LogP contribution in [0.3, 0.4) is 0 Å². The van der Waals surface area contributed by atoms with Gasteiger partial charge in [0.1, 0.15) is 0 Å². The number of nitrogens with one attached hydrogen (secondary N) is 3. The molecule has 0 unspecified atom stereocenters. The molecule has 1 aromatic rings. The van der Waals surface area contributed by atoms with E-state index in [0.29, 0.717) is 31.3 Å². The predicted molar refractivity (Wildman–Crippen MR) is 86.2 cm³/mol. The maximum Gasteiger partial charge on any atom is 0.390 e. The Labute approximate surface area is 137 Å². The van der Waals surface area contributed by atoms with Crippen molar-refractivity contribution >= 4 is 17.3 Å². The number of aliphatic imine (C=N–C) groups is 1. The minimum Gasteiger partial charge on any atom is -0.383 e. The molecule has 1 aromatic carbocycles. The van der Waals surface area contributed by atoms with Crippen LogP contribution in [0.1, 0.15) is 13.3 Å². The highest BCUT2D eigenvalue weighted by Crippen LogP contribution is 2.18. The lowest BCUT2D eigenvalue weighted by Crippen LogP contribution is -2.39. The number of nitro benzene ring substituents is 1. The molecule has 0 aliphatic rings. The summed E-state index contributed by atoms with van der Waals surface area (Å²) >= 11 is 0. The van der Waals surface area contributed by atoms with Crippen molar-refractivity contribution in [2.45, 2.75) is 19.5 Å². The number of hydrogen-bond donors (Lipinski definition) is 3. The molecule has 0 atom stereocenters. The van der Waals surface area contributed by atoms with E-state index in [2.05, 4.69) is 20.9 Å². The Hall–Kier alpha value is -2.52. The van der Waals surface area contributed by atoms with Gasteiger partial charge in [0, 0.05) is 37.5 Å². The third-order valence-corrected chi connectivity index (χ3v) is 2.83. The summed E-state index contributed by atoms with van der Waals surface area (Å²) in [5.74, 6) is 0.312. The molecule has 3 N–H and O–H groups in total. The number of nitrogens with zero attached hydrogens (tertiary/aromatic N) is 2. The maximum atomic E-state index is 12.1. The van der Waals surface area contributed by atoms with Gasteiger partial charge in [-0.1, -0.05) is 0 Å². The summed E-state index contributed by atoms with van der Waals surface area (Å²) in [5.41, 5.74) is 0.714. The van der Waals surface area contributed by atoms with E-state index in [1.54, 1.807) is 12.1 Å². The first-order valence-electron chi connectivity index (χ1n) is 7.39. The van der Waals surface area contributed by atoms with Crippen LogP contribution in [0.25, 0.3) is 0 Å². The minimum atomic E-state index is -4.22. The smallest absolute Gasteiger partial charge is 0.383 e. The van der Waals surface area contributed by atoms with E-state index in [1.165, 1.54) is 12.1 Å². The standard InChI is InChI=1S/C14H20F3N5O2/c1-2-18-13(20-8-7-14(15,16)17)21-10-9-19-11-3-5-12(6-4-11)22(23)24/h3-6,19H,2,7-10H2,1H3,(H2,18,20,21). The average molecular weight is 347 g/mol. The first-order valence-corrected chi connectivity index (χ1v) is 7.39. The zero-order valence-electron chi connectivity index (χ0n) is 13.2. The van der Waals surface area contributed by atoms with Gasteiger partial charge < -0.3 is 16.0 Å². The number of guanidine groups is 1. The Bertz CT molecular complexity index is 546. The molecule has 0 aliphatic heterocycles. The number of rotatable bonds is 8. The van der Waals surface area contributed by atoms with Gasteiger partial charge in [0.25, 0.3) is 5.69 Å². The van der Waals surface area contributed by atoms with Crippen molar-refractivity contribution in [2.24, 2.45) is 4.99 Å². The molecule has 24 heavy (non-hydrogen) atoms. The number of nitro groups is 1. The summed E-state index contributed by atoms with van der Waals surface area (Å²) in [5, 5.41) is 19.3. The SMILES string of the molecule is CCNC(=NCCC(F)(F)F)NCCNc1ccc([N+](=O)[O-])cc1. The minimum absolute atomic E-state index is 0.00454. The maximum absolute atomic E-state index is 12.1. The Kier molecular flexibility index (Phi) is 7.80. The number of non-ortho nitro benzene ring substituents is 1. The molecule has 0 bridgehead atoms. The summed E-state index contributed by atoms with van der Waals surface area (Å²) in [6.45, 7) is 2.91. The van der Waals surface area contributed by atoms with E-state index < -0.39 is 17.5 Å². The van der Waals surface area contributed by atoms with Gasteiger partial charge in [0.2, 0.25) is 0 Å². The van der Waals surface area contributed by atoms with Gasteiger partial charge in [-0.25, -0.2) is 0 Å². The highest BCUT2D eigenvalue weighted by atomic mass is 19.4. The summed E-state index contributed by atoms with van der Waals surface area (Å²) in [7, 11) is 0. The molecule has 0 fully saturated rings. The Morgan fingerprint density at radius 1 is 1.21 bits per heavy atom. The largest absolute Gasteiger partial charge is 0.390 e. The second-order valence-corrected chi connectivity index (χ2v) is 4.78. The number of alkyl halides is 3. The normalized spacial score (nSPS) is 11.9. The van der Waals surface area contributed by atoms with E-state index in [1.807, 2.05) is 6.92 Å². The summed E-state index contributed by atoms with van der Waals surface area (Å²) in [6, 6.07) is 5.94. The lowest BCUT2D eigenvalue weighted by molar-refractivity contribution is -0.384. The Balaban J connectivity index is 2.36. The van der Waals surface area contributed by atoms with Crippen molar-refractivity contribution in [2.75, 3.05) is 31.5 Å². The molecule has 7 nitrogen and oxygen atoms in total. The van der Waals surface area contributed by atoms with E-state index in [0.717, 1.165) is 0 Å². The fraction of sp³-hybridized carbons (Fsp3) is 0.500. The average Bonchev–Trinajstić information content (AvgIpc) is 2.50. The van der Waals surface area contributed by atoms with Crippen molar-refractivity contribution in [3.05, 3.63) is 34.4 Å². The molecule has 134 valence electrons. The number of benzene rings is 1. The lowest BCUT2D eigenvalue weighted by Gasteiger charge is -2.12. The monoisotopic (exact) mass is 347 g/mol. The number of anilines is 1. The Morgan fingerprint density at radius 3 is 2.42 bits per heavy atom. The molecule has 1 rings (SSSR count). The van der Waals surface area contributed by atoms with E-state index in [9.17, 15) is 23.3 Å². The molecule has 10 heteroatoms. The van der Waals surface area contributed by atoms with Gasteiger partial charge >= 0.3 is 6.18 Å². The van der Waals surface area contributed by atoms with Crippen molar-refractivity contribution in [3.63, 3.8) is 0 Å². The number of halogens is 3. The van der Waals surface area contributed by atoms with Gasteiger partial charge in [-0.2, -0.15) is 13.2 Å². The van der Waals surface area contributed by atoms with Gasteiger partial charge in [0.05, 0.1) is 17.9 Å². The summed E-state index contributed by atoms with van der Waals surface area (Å²) < 4.78 is 36.3. The van der Waals surface area contributed by atoms with Crippen LogP contribution in [-0.2, 0) is 0 Å². The van der Waals surface area contributed by atoms with Crippen molar-refractivity contribution in [3.8, 4) is 0 Å². The van der Waals surface area contributed by atoms with Crippen LogP contribution in [0.4, 0.5) is 24.5 Å². The van der Waals surface area contributed by atoms with Crippen LogP contribution in [-0.4, -0.2) is 43.2 Å². The highest BCUT2D eigenvalue weighted by molar-refractivity contribution is 5.79. The van der Waals surface area contributed by atoms with Gasteiger partial charge in [-0.3, -0.25) is 15.1 Å². The van der Waals surface area contributed by atoms with Crippen molar-refractivity contribution in [1.82, 2.24) is 10.6 Å². The van der Waals surface area contributed by atoms with Crippen molar-refractivity contribution < 1.29 is 18.1 Å². The fourth-order valence-corrected chi connectivity index (χ4v) is 1.72. The fourth-order valence-electron chi connectivity index (χ4n) is 1.72. The summed E-state index contributed by atoms with van der Waals surface area (Å²) in [4.78, 5) is 13.9. The second-order valence-electron chi connectivity index (χ2n) is 4.78. The molecule has 0 aliphatic carbocycles. The lowest BCUT2D eigenvalue weighted by atomic mass is 10.3. The molecular formula is C14H20F3N5O2. The molecule has 0 spiro atoms. The van der Waals surface area contributed by atoms with Crippen LogP contribution >= 0.6 is 0 Å². The van der Waals surface area contributed by atoms with Crippen LogP contribution in [0.15, 0.2) is 29.3 Å². The third-order valence-electron chi connectivity index (χ3n) is 2.83. The zero-order chi connectivity index (χ0) is 18.0. The molecule has 0 radical (unpaired) electrons. The third kappa shape index (κ3) is 8.20. The van der Waals surface area contributed by atoms with Crippen LogP contribution in [0.2, 0.25) is 0 Å². The first kappa shape index (κ1) is 19.5. The van der Waals surface area contributed by atoms with E-state index >= 15 is 0 Å². The van der Waals surface area contributed by atoms with E-state index in [4.69, 9.17) is 0 Å². The number of hydrogen-bond acceptors (Lipinski definition) is 4. The Morgan fingerprint density at radius 2 is 1.88 bits per heavy atom. The van der Waals surface area contributed by atoms with Crippen LogP contribution < -0.4 is 16.0 Å². The predicted octanol–water partition coefficient (Wildman–Crippen LogP) is 2.51.